The number of unbranched alkanes of at least 4 members (excludes halogenated alkanes) is 1. The molecule has 0 heterocycles. The SMILES string of the molecule is CCOc1cc(CNCCCCOC)ccc1O. The minimum Gasteiger partial charge on any atom is -0.504 e. The average molecular weight is 253 g/mol. The quantitative estimate of drug-likeness (QED) is 0.663. The highest BCUT2D eigenvalue weighted by molar-refractivity contribution is 5.41. The van der Waals surface area contributed by atoms with Crippen LogP contribution in [0, 0.1) is 0 Å². The smallest absolute Gasteiger partial charge is 0.161 e. The summed E-state index contributed by atoms with van der Waals surface area (Å²) in [6, 6.07) is 5.45. The number of rotatable bonds is 9. The van der Waals surface area contributed by atoms with Crippen molar-refractivity contribution in [3.05, 3.63) is 23.8 Å². The molecule has 102 valence electrons. The molecule has 0 radical (unpaired) electrons. The van der Waals surface area contributed by atoms with Crippen LogP contribution in [0.1, 0.15) is 25.3 Å². The highest BCUT2D eigenvalue weighted by Crippen LogP contribution is 2.26. The summed E-state index contributed by atoms with van der Waals surface area (Å²) < 4.78 is 10.3. The molecule has 0 amide bonds. The molecule has 0 saturated heterocycles. The Hall–Kier alpha value is -1.26. The molecule has 0 aromatic heterocycles. The number of phenolic OH excluding ortho intramolecular Hbond substituents is 1. The van der Waals surface area contributed by atoms with Crippen LogP contribution in [-0.2, 0) is 11.3 Å². The lowest BCUT2D eigenvalue weighted by atomic mass is 10.2. The van der Waals surface area contributed by atoms with Crippen LogP contribution in [0.4, 0.5) is 0 Å². The molecule has 18 heavy (non-hydrogen) atoms. The highest BCUT2D eigenvalue weighted by atomic mass is 16.5. The first-order chi connectivity index (χ1) is 8.77. The maximum Gasteiger partial charge on any atom is 0.161 e. The van der Waals surface area contributed by atoms with Crippen LogP contribution in [0.15, 0.2) is 18.2 Å². The number of nitrogens with one attached hydrogen (secondary N) is 1. The van der Waals surface area contributed by atoms with Gasteiger partial charge in [0.1, 0.15) is 0 Å². The van der Waals surface area contributed by atoms with Crippen molar-refractivity contribution < 1.29 is 14.6 Å². The van der Waals surface area contributed by atoms with Gasteiger partial charge in [-0.3, -0.25) is 0 Å². The molecule has 1 aromatic carbocycles. The number of hydrogen-bond donors (Lipinski definition) is 2. The van der Waals surface area contributed by atoms with Gasteiger partial charge < -0.3 is 19.9 Å². The summed E-state index contributed by atoms with van der Waals surface area (Å²) in [7, 11) is 1.72. The maximum atomic E-state index is 9.58. The lowest BCUT2D eigenvalue weighted by Gasteiger charge is -2.09. The molecule has 4 heteroatoms. The highest BCUT2D eigenvalue weighted by Gasteiger charge is 2.03. The zero-order chi connectivity index (χ0) is 13.2. The van der Waals surface area contributed by atoms with Gasteiger partial charge in [0, 0.05) is 20.3 Å². The molecule has 0 atom stereocenters. The Bertz CT molecular complexity index is 342. The molecule has 0 aliphatic carbocycles. The van der Waals surface area contributed by atoms with Crippen LogP contribution in [0.5, 0.6) is 11.5 Å². The normalized spacial score (nSPS) is 10.6. The second-order valence-electron chi connectivity index (χ2n) is 4.11. The fourth-order valence-corrected chi connectivity index (χ4v) is 1.67. The third kappa shape index (κ3) is 5.38. The largest absolute Gasteiger partial charge is 0.504 e. The molecule has 0 fully saturated rings. The van der Waals surface area contributed by atoms with Gasteiger partial charge in [-0.2, -0.15) is 0 Å². The molecule has 0 bridgehead atoms. The summed E-state index contributed by atoms with van der Waals surface area (Å²) >= 11 is 0. The first-order valence-electron chi connectivity index (χ1n) is 6.42. The number of hydrogen-bond acceptors (Lipinski definition) is 4. The summed E-state index contributed by atoms with van der Waals surface area (Å²) in [6.07, 6.45) is 2.17. The average Bonchev–Trinajstić information content (AvgIpc) is 2.37. The number of benzene rings is 1. The number of phenols is 1. The molecule has 0 aliphatic rings. The van der Waals surface area contributed by atoms with Crippen molar-refractivity contribution in [2.24, 2.45) is 0 Å². The van der Waals surface area contributed by atoms with Gasteiger partial charge in [-0.15, -0.1) is 0 Å². The van der Waals surface area contributed by atoms with Crippen molar-refractivity contribution >= 4 is 0 Å². The predicted molar refractivity (Wildman–Crippen MR) is 72.1 cm³/mol. The van der Waals surface area contributed by atoms with Crippen LogP contribution in [0.2, 0.25) is 0 Å². The van der Waals surface area contributed by atoms with E-state index in [0.29, 0.717) is 12.4 Å². The van der Waals surface area contributed by atoms with E-state index in [4.69, 9.17) is 9.47 Å². The van der Waals surface area contributed by atoms with Gasteiger partial charge in [0.15, 0.2) is 11.5 Å². The topological polar surface area (TPSA) is 50.7 Å². The van der Waals surface area contributed by atoms with Crippen molar-refractivity contribution in [3.63, 3.8) is 0 Å². The Morgan fingerprint density at radius 1 is 1.28 bits per heavy atom. The Morgan fingerprint density at radius 2 is 2.11 bits per heavy atom. The second kappa shape index (κ2) is 8.78. The molecule has 0 unspecified atom stereocenters. The predicted octanol–water partition coefficient (Wildman–Crippen LogP) is 2.31. The summed E-state index contributed by atoms with van der Waals surface area (Å²) in [5.74, 6) is 0.747. The zero-order valence-corrected chi connectivity index (χ0v) is 11.2. The zero-order valence-electron chi connectivity index (χ0n) is 11.2. The van der Waals surface area contributed by atoms with E-state index in [1.807, 2.05) is 19.1 Å². The number of methoxy groups -OCH3 is 1. The standard InChI is InChI=1S/C14H23NO3/c1-3-18-14-10-12(6-7-13(14)16)11-15-8-4-5-9-17-2/h6-7,10,15-16H,3-5,8-9,11H2,1-2H3. The van der Waals surface area contributed by atoms with Crippen molar-refractivity contribution in [2.45, 2.75) is 26.3 Å². The fraction of sp³-hybridized carbons (Fsp3) is 0.571. The van der Waals surface area contributed by atoms with Crippen LogP contribution in [0.25, 0.3) is 0 Å². The van der Waals surface area contributed by atoms with E-state index in [9.17, 15) is 5.11 Å². The third-order valence-electron chi connectivity index (χ3n) is 2.61. The van der Waals surface area contributed by atoms with E-state index in [2.05, 4.69) is 5.32 Å². The summed E-state index contributed by atoms with van der Waals surface area (Å²) in [5.41, 5.74) is 1.11. The Balaban J connectivity index is 2.31. The van der Waals surface area contributed by atoms with Gasteiger partial charge in [-0.05, 0) is 44.0 Å². The Kier molecular flexibility index (Phi) is 7.22. The first kappa shape index (κ1) is 14.8. The molecule has 1 aromatic rings. The van der Waals surface area contributed by atoms with E-state index in [1.165, 1.54) is 0 Å². The summed E-state index contributed by atoms with van der Waals surface area (Å²) in [6.45, 7) is 5.03. The van der Waals surface area contributed by atoms with Gasteiger partial charge in [0.25, 0.3) is 0 Å². The Labute approximate surface area is 109 Å². The third-order valence-corrected chi connectivity index (χ3v) is 2.61. The molecule has 1 rings (SSSR count). The van der Waals surface area contributed by atoms with Crippen LogP contribution >= 0.6 is 0 Å². The van der Waals surface area contributed by atoms with Crippen molar-refractivity contribution in [1.82, 2.24) is 5.32 Å². The fourth-order valence-electron chi connectivity index (χ4n) is 1.67. The number of aromatic hydroxyl groups is 1. The number of ether oxygens (including phenoxy) is 2. The van der Waals surface area contributed by atoms with E-state index in [1.54, 1.807) is 13.2 Å². The van der Waals surface area contributed by atoms with Gasteiger partial charge in [-0.25, -0.2) is 0 Å². The minimum absolute atomic E-state index is 0.195. The summed E-state index contributed by atoms with van der Waals surface area (Å²) in [4.78, 5) is 0. The molecule has 0 saturated carbocycles. The first-order valence-corrected chi connectivity index (χ1v) is 6.42. The molecule has 0 spiro atoms. The van der Waals surface area contributed by atoms with Crippen molar-refractivity contribution in [2.75, 3.05) is 26.9 Å². The van der Waals surface area contributed by atoms with Crippen LogP contribution < -0.4 is 10.1 Å². The van der Waals surface area contributed by atoms with E-state index < -0.39 is 0 Å². The molecule has 0 aliphatic heterocycles. The van der Waals surface area contributed by atoms with Gasteiger partial charge >= 0.3 is 0 Å². The lowest BCUT2D eigenvalue weighted by molar-refractivity contribution is 0.192. The maximum absolute atomic E-state index is 9.58. The Morgan fingerprint density at radius 3 is 2.83 bits per heavy atom. The molecule has 4 nitrogen and oxygen atoms in total. The molecule has 2 N–H and O–H groups in total. The van der Waals surface area contributed by atoms with Gasteiger partial charge in [0.2, 0.25) is 0 Å². The lowest BCUT2D eigenvalue weighted by Crippen LogP contribution is -2.15. The van der Waals surface area contributed by atoms with Gasteiger partial charge in [0.05, 0.1) is 6.61 Å². The van der Waals surface area contributed by atoms with E-state index in [0.717, 1.165) is 38.1 Å². The summed E-state index contributed by atoms with van der Waals surface area (Å²) in [5, 5.41) is 12.9. The van der Waals surface area contributed by atoms with Crippen LogP contribution in [0.3, 0.4) is 0 Å². The molecular weight excluding hydrogens is 230 g/mol. The van der Waals surface area contributed by atoms with Crippen molar-refractivity contribution in [1.29, 1.82) is 0 Å². The monoisotopic (exact) mass is 253 g/mol. The second-order valence-corrected chi connectivity index (χ2v) is 4.11. The van der Waals surface area contributed by atoms with Crippen LogP contribution in [-0.4, -0.2) is 32.0 Å². The van der Waals surface area contributed by atoms with E-state index >= 15 is 0 Å². The van der Waals surface area contributed by atoms with Crippen molar-refractivity contribution in [3.8, 4) is 11.5 Å². The molecular formula is C14H23NO3. The van der Waals surface area contributed by atoms with E-state index in [-0.39, 0.29) is 5.75 Å². The van der Waals surface area contributed by atoms with Gasteiger partial charge in [-0.1, -0.05) is 6.07 Å². The minimum atomic E-state index is 0.195.